The third kappa shape index (κ3) is 1.55. The second kappa shape index (κ2) is 3.92. The average molecular weight is 275 g/mol. The summed E-state index contributed by atoms with van der Waals surface area (Å²) < 4.78 is 0. The molecule has 2 bridgehead atoms. The van der Waals surface area contributed by atoms with Crippen molar-refractivity contribution in [3.8, 4) is 0 Å². The van der Waals surface area contributed by atoms with Crippen LogP contribution in [0.3, 0.4) is 0 Å². The average Bonchev–Trinajstić information content (AvgIpc) is 2.94. The van der Waals surface area contributed by atoms with Crippen LogP contribution in [0.1, 0.15) is 12.8 Å². The number of nitrogens with zero attached hydrogens (tertiary/aromatic N) is 1. The van der Waals surface area contributed by atoms with Crippen molar-refractivity contribution < 1.29 is 9.59 Å². The Morgan fingerprint density at radius 2 is 2.05 bits per heavy atom. The standard InChI is InChI=1S/C15H21NO2Si/c1-5-8-16-14(17)11-9-6-7-10(12(11)15(16)18)13(9)19(2,3)4/h5,9,11,13H,1,6-8H2,2-4H3. The van der Waals surface area contributed by atoms with E-state index in [2.05, 4.69) is 26.2 Å². The molecule has 0 aromatic rings. The highest BCUT2D eigenvalue weighted by atomic mass is 28.3. The van der Waals surface area contributed by atoms with E-state index in [4.69, 9.17) is 0 Å². The maximum atomic E-state index is 12.5. The highest BCUT2D eigenvalue weighted by Crippen LogP contribution is 2.61. The zero-order valence-electron chi connectivity index (χ0n) is 11.9. The predicted molar refractivity (Wildman–Crippen MR) is 77.3 cm³/mol. The monoisotopic (exact) mass is 275 g/mol. The highest BCUT2D eigenvalue weighted by molar-refractivity contribution is 6.78. The first-order valence-corrected chi connectivity index (χ1v) is 10.6. The largest absolute Gasteiger partial charge is 0.274 e. The van der Waals surface area contributed by atoms with Crippen molar-refractivity contribution in [2.75, 3.05) is 6.54 Å². The summed E-state index contributed by atoms with van der Waals surface area (Å²) in [6, 6.07) is 0. The number of carbonyl (C=O) groups is 2. The van der Waals surface area contributed by atoms with Crippen LogP contribution in [0.25, 0.3) is 0 Å². The molecular formula is C15H21NO2Si. The van der Waals surface area contributed by atoms with E-state index in [-0.39, 0.29) is 17.7 Å². The van der Waals surface area contributed by atoms with Gasteiger partial charge in [0.1, 0.15) is 0 Å². The Balaban J connectivity index is 2.06. The maximum absolute atomic E-state index is 12.5. The second-order valence-corrected chi connectivity index (χ2v) is 12.4. The van der Waals surface area contributed by atoms with Gasteiger partial charge in [0, 0.05) is 12.1 Å². The van der Waals surface area contributed by atoms with Crippen LogP contribution in [0.4, 0.5) is 0 Å². The summed E-state index contributed by atoms with van der Waals surface area (Å²) in [5.41, 5.74) is 2.75. The molecule has 3 atom stereocenters. The van der Waals surface area contributed by atoms with Gasteiger partial charge in [0.15, 0.2) is 0 Å². The number of rotatable bonds is 3. The number of fused-ring (bicyclic) bond motifs is 4. The molecule has 0 spiro atoms. The maximum Gasteiger partial charge on any atom is 0.257 e. The Hall–Kier alpha value is -1.16. The molecule has 0 radical (unpaired) electrons. The van der Waals surface area contributed by atoms with E-state index in [1.165, 1.54) is 10.5 Å². The van der Waals surface area contributed by atoms with Gasteiger partial charge in [-0.05, 0) is 24.3 Å². The molecule has 1 saturated heterocycles. The summed E-state index contributed by atoms with van der Waals surface area (Å²) in [6.07, 6.45) is 3.77. The first-order valence-electron chi connectivity index (χ1n) is 7.07. The Morgan fingerprint density at radius 1 is 1.37 bits per heavy atom. The fraction of sp³-hybridized carbons (Fsp3) is 0.600. The van der Waals surface area contributed by atoms with Crippen LogP contribution in [0.15, 0.2) is 23.8 Å². The number of imide groups is 1. The first-order chi connectivity index (χ1) is 8.88. The quantitative estimate of drug-likeness (QED) is 0.451. The van der Waals surface area contributed by atoms with Crippen molar-refractivity contribution in [3.05, 3.63) is 23.8 Å². The molecule has 1 saturated carbocycles. The number of amides is 2. The smallest absolute Gasteiger partial charge is 0.257 e. The zero-order chi connectivity index (χ0) is 13.9. The molecule has 2 aliphatic carbocycles. The SMILES string of the molecule is C=CCN1C(=O)C2=C3CCC(C2C1=O)C3[Si](C)(C)C. The van der Waals surface area contributed by atoms with Gasteiger partial charge in [-0.25, -0.2) is 0 Å². The van der Waals surface area contributed by atoms with Gasteiger partial charge in [-0.2, -0.15) is 0 Å². The van der Waals surface area contributed by atoms with Crippen LogP contribution >= 0.6 is 0 Å². The minimum Gasteiger partial charge on any atom is -0.274 e. The van der Waals surface area contributed by atoms with Gasteiger partial charge in [0.05, 0.1) is 14.0 Å². The van der Waals surface area contributed by atoms with Gasteiger partial charge in [-0.1, -0.05) is 31.3 Å². The van der Waals surface area contributed by atoms with Crippen molar-refractivity contribution in [2.45, 2.75) is 38.0 Å². The predicted octanol–water partition coefficient (Wildman–Crippen LogP) is 2.59. The van der Waals surface area contributed by atoms with Gasteiger partial charge in [0.2, 0.25) is 5.91 Å². The van der Waals surface area contributed by atoms with E-state index in [9.17, 15) is 9.59 Å². The van der Waals surface area contributed by atoms with Gasteiger partial charge in [-0.15, -0.1) is 6.58 Å². The van der Waals surface area contributed by atoms with Crippen molar-refractivity contribution in [3.63, 3.8) is 0 Å². The molecule has 3 aliphatic rings. The Labute approximate surface area is 115 Å². The lowest BCUT2D eigenvalue weighted by atomic mass is 9.88. The number of hydrogen-bond acceptors (Lipinski definition) is 2. The molecular weight excluding hydrogens is 254 g/mol. The summed E-state index contributed by atoms with van der Waals surface area (Å²) in [5, 5.41) is 0. The lowest BCUT2D eigenvalue weighted by molar-refractivity contribution is -0.138. The van der Waals surface area contributed by atoms with Gasteiger partial charge in [0.25, 0.3) is 5.91 Å². The number of carbonyl (C=O) groups excluding carboxylic acids is 2. The van der Waals surface area contributed by atoms with E-state index in [1.807, 2.05) is 0 Å². The van der Waals surface area contributed by atoms with Crippen LogP contribution in [-0.4, -0.2) is 31.3 Å². The lowest BCUT2D eigenvalue weighted by Gasteiger charge is -2.29. The molecule has 3 nitrogen and oxygen atoms in total. The Bertz CT molecular complexity index is 515. The lowest BCUT2D eigenvalue weighted by Crippen LogP contribution is -2.36. The normalized spacial score (nSPS) is 33.4. The van der Waals surface area contributed by atoms with Crippen molar-refractivity contribution in [1.82, 2.24) is 4.90 Å². The number of hydrogen-bond donors (Lipinski definition) is 0. The fourth-order valence-corrected chi connectivity index (χ4v) is 7.42. The van der Waals surface area contributed by atoms with Crippen LogP contribution in [-0.2, 0) is 9.59 Å². The third-order valence-corrected chi connectivity index (χ3v) is 7.53. The van der Waals surface area contributed by atoms with E-state index in [1.54, 1.807) is 6.08 Å². The number of allylic oxidation sites excluding steroid dienone is 1. The molecule has 0 aromatic carbocycles. The van der Waals surface area contributed by atoms with Crippen LogP contribution in [0.2, 0.25) is 25.2 Å². The minimum atomic E-state index is -1.35. The molecule has 0 aromatic heterocycles. The second-order valence-electron chi connectivity index (χ2n) is 7.01. The van der Waals surface area contributed by atoms with E-state index < -0.39 is 8.07 Å². The number of likely N-dealkylation sites (tertiary alicyclic amines) is 1. The topological polar surface area (TPSA) is 37.4 Å². The first kappa shape index (κ1) is 12.8. The van der Waals surface area contributed by atoms with Gasteiger partial charge < -0.3 is 0 Å². The summed E-state index contributed by atoms with van der Waals surface area (Å²) in [7, 11) is -1.35. The molecule has 19 heavy (non-hydrogen) atoms. The molecule has 2 fully saturated rings. The minimum absolute atomic E-state index is 0.0304. The van der Waals surface area contributed by atoms with Crippen LogP contribution in [0, 0.1) is 11.8 Å². The van der Waals surface area contributed by atoms with Gasteiger partial charge >= 0.3 is 0 Å². The molecule has 1 aliphatic heterocycles. The summed E-state index contributed by atoms with van der Waals surface area (Å²) in [4.78, 5) is 26.3. The molecule has 3 rings (SSSR count). The molecule has 4 heteroatoms. The van der Waals surface area contributed by atoms with E-state index in [0.29, 0.717) is 18.0 Å². The molecule has 3 unspecified atom stereocenters. The summed E-state index contributed by atoms with van der Waals surface area (Å²) in [5.74, 6) is 0.286. The zero-order valence-corrected chi connectivity index (χ0v) is 12.9. The summed E-state index contributed by atoms with van der Waals surface area (Å²) in [6.45, 7) is 11.1. The molecule has 2 amide bonds. The molecule has 0 N–H and O–H groups in total. The van der Waals surface area contributed by atoms with Crippen molar-refractivity contribution in [1.29, 1.82) is 0 Å². The Kier molecular flexibility index (Phi) is 2.65. The van der Waals surface area contributed by atoms with Crippen LogP contribution in [0.5, 0.6) is 0 Å². The van der Waals surface area contributed by atoms with Crippen molar-refractivity contribution in [2.24, 2.45) is 11.8 Å². The fourth-order valence-electron chi connectivity index (χ4n) is 4.44. The van der Waals surface area contributed by atoms with Crippen LogP contribution < -0.4 is 0 Å². The van der Waals surface area contributed by atoms with E-state index >= 15 is 0 Å². The summed E-state index contributed by atoms with van der Waals surface area (Å²) >= 11 is 0. The Morgan fingerprint density at radius 3 is 2.58 bits per heavy atom. The highest BCUT2D eigenvalue weighted by Gasteiger charge is 2.60. The molecule has 102 valence electrons. The van der Waals surface area contributed by atoms with Crippen molar-refractivity contribution >= 4 is 19.9 Å². The third-order valence-electron chi connectivity index (χ3n) is 4.89. The molecule has 1 heterocycles. The van der Waals surface area contributed by atoms with Gasteiger partial charge in [-0.3, -0.25) is 14.5 Å². The van der Waals surface area contributed by atoms with E-state index in [0.717, 1.165) is 18.4 Å².